The number of hydrogen-bond acceptors (Lipinski definition) is 2. The molecular formula is C17H25NO. The molecular weight excluding hydrogens is 234 g/mol. The van der Waals surface area contributed by atoms with Gasteiger partial charge in [-0.1, -0.05) is 43.2 Å². The molecule has 0 radical (unpaired) electrons. The lowest BCUT2D eigenvalue weighted by atomic mass is 9.80. The number of nitrogens with one attached hydrogen (secondary N) is 1. The maximum absolute atomic E-state index is 5.72. The molecule has 0 aromatic heterocycles. The molecule has 0 amide bonds. The second kappa shape index (κ2) is 6.53. The van der Waals surface area contributed by atoms with Gasteiger partial charge in [0.1, 0.15) is 0 Å². The molecule has 3 rings (SSSR count). The fourth-order valence-corrected chi connectivity index (χ4v) is 3.56. The quantitative estimate of drug-likeness (QED) is 0.894. The normalized spacial score (nSPS) is 31.5. The fraction of sp³-hybridized carbons (Fsp3) is 0.647. The van der Waals surface area contributed by atoms with E-state index in [1.165, 1.54) is 44.1 Å². The van der Waals surface area contributed by atoms with Crippen LogP contribution in [-0.4, -0.2) is 25.3 Å². The summed E-state index contributed by atoms with van der Waals surface area (Å²) in [6.45, 7) is 1.99. The lowest BCUT2D eigenvalue weighted by Crippen LogP contribution is -2.41. The Morgan fingerprint density at radius 2 is 1.84 bits per heavy atom. The molecule has 1 saturated heterocycles. The topological polar surface area (TPSA) is 21.3 Å². The predicted molar refractivity (Wildman–Crippen MR) is 78.4 cm³/mol. The molecule has 1 aromatic carbocycles. The summed E-state index contributed by atoms with van der Waals surface area (Å²) >= 11 is 0. The lowest BCUT2D eigenvalue weighted by Gasteiger charge is -2.33. The van der Waals surface area contributed by atoms with Crippen LogP contribution in [0.1, 0.15) is 50.0 Å². The monoisotopic (exact) mass is 259 g/mol. The smallest absolute Gasteiger partial charge is 0.0700 e. The van der Waals surface area contributed by atoms with Crippen molar-refractivity contribution in [3.8, 4) is 0 Å². The summed E-state index contributed by atoms with van der Waals surface area (Å²) in [4.78, 5) is 0. The van der Waals surface area contributed by atoms with Crippen LogP contribution in [0.5, 0.6) is 0 Å². The average molecular weight is 259 g/mol. The van der Waals surface area contributed by atoms with E-state index in [1.54, 1.807) is 0 Å². The maximum atomic E-state index is 5.72. The largest absolute Gasteiger partial charge is 0.377 e. The van der Waals surface area contributed by atoms with Crippen molar-refractivity contribution in [2.75, 3.05) is 13.2 Å². The van der Waals surface area contributed by atoms with Crippen molar-refractivity contribution in [3.63, 3.8) is 0 Å². The van der Waals surface area contributed by atoms with E-state index in [9.17, 15) is 0 Å². The zero-order valence-electron chi connectivity index (χ0n) is 11.7. The summed E-state index contributed by atoms with van der Waals surface area (Å²) in [5.41, 5.74) is 1.51. The van der Waals surface area contributed by atoms with E-state index in [0.717, 1.165) is 13.2 Å². The molecule has 1 aromatic rings. The standard InChI is InChI=1S/C17H25NO/c1-2-7-14(8-3-1)16-10-4-5-11-17(16)18-13-15-9-6-12-19-15/h1-3,7-8,15-18H,4-6,9-13H2. The molecule has 1 N–H and O–H groups in total. The second-order valence-electron chi connectivity index (χ2n) is 5.95. The van der Waals surface area contributed by atoms with E-state index < -0.39 is 0 Å². The number of benzene rings is 1. The molecule has 2 nitrogen and oxygen atoms in total. The van der Waals surface area contributed by atoms with Crippen LogP contribution in [0, 0.1) is 0 Å². The fourth-order valence-electron chi connectivity index (χ4n) is 3.56. The molecule has 1 aliphatic carbocycles. The average Bonchev–Trinajstić information content (AvgIpc) is 3.00. The molecule has 1 saturated carbocycles. The predicted octanol–water partition coefficient (Wildman–Crippen LogP) is 3.48. The third kappa shape index (κ3) is 3.37. The van der Waals surface area contributed by atoms with Crippen molar-refractivity contribution in [2.45, 2.75) is 56.6 Å². The van der Waals surface area contributed by atoms with E-state index in [4.69, 9.17) is 4.74 Å². The lowest BCUT2D eigenvalue weighted by molar-refractivity contribution is 0.104. The molecule has 1 aliphatic heterocycles. The van der Waals surface area contributed by atoms with Gasteiger partial charge < -0.3 is 10.1 Å². The van der Waals surface area contributed by atoms with E-state index >= 15 is 0 Å². The first-order valence-corrected chi connectivity index (χ1v) is 7.83. The summed E-state index contributed by atoms with van der Waals surface area (Å²) in [5, 5.41) is 3.79. The van der Waals surface area contributed by atoms with Gasteiger partial charge >= 0.3 is 0 Å². The Hall–Kier alpha value is -0.860. The molecule has 3 unspecified atom stereocenters. The minimum absolute atomic E-state index is 0.457. The first-order valence-electron chi connectivity index (χ1n) is 7.83. The number of hydrogen-bond donors (Lipinski definition) is 1. The van der Waals surface area contributed by atoms with Gasteiger partial charge in [0.15, 0.2) is 0 Å². The molecule has 104 valence electrons. The van der Waals surface area contributed by atoms with Gasteiger partial charge in [0.2, 0.25) is 0 Å². The van der Waals surface area contributed by atoms with Crippen LogP contribution in [-0.2, 0) is 4.74 Å². The van der Waals surface area contributed by atoms with Gasteiger partial charge in [-0.15, -0.1) is 0 Å². The Kier molecular flexibility index (Phi) is 4.52. The van der Waals surface area contributed by atoms with Crippen LogP contribution >= 0.6 is 0 Å². The molecule has 0 bridgehead atoms. The van der Waals surface area contributed by atoms with E-state index in [1.807, 2.05) is 0 Å². The molecule has 2 heteroatoms. The highest BCUT2D eigenvalue weighted by atomic mass is 16.5. The molecule has 0 spiro atoms. The summed E-state index contributed by atoms with van der Waals surface area (Å²) in [5.74, 6) is 0.691. The Labute approximate surface area is 116 Å². The van der Waals surface area contributed by atoms with Crippen LogP contribution in [0.15, 0.2) is 30.3 Å². The third-order valence-corrected chi connectivity index (χ3v) is 4.63. The first kappa shape index (κ1) is 13.1. The van der Waals surface area contributed by atoms with Gasteiger partial charge in [0, 0.05) is 19.2 Å². The van der Waals surface area contributed by atoms with Crippen molar-refractivity contribution >= 4 is 0 Å². The Morgan fingerprint density at radius 1 is 1.00 bits per heavy atom. The minimum atomic E-state index is 0.457. The molecule has 3 atom stereocenters. The highest BCUT2D eigenvalue weighted by Crippen LogP contribution is 2.33. The van der Waals surface area contributed by atoms with Crippen LogP contribution in [0.4, 0.5) is 0 Å². The SMILES string of the molecule is c1ccc(C2CCCCC2NCC2CCCO2)cc1. The molecule has 2 aliphatic rings. The van der Waals surface area contributed by atoms with Crippen molar-refractivity contribution < 1.29 is 4.74 Å². The second-order valence-corrected chi connectivity index (χ2v) is 5.95. The van der Waals surface area contributed by atoms with Gasteiger partial charge in [-0.25, -0.2) is 0 Å². The number of ether oxygens (including phenoxy) is 1. The summed E-state index contributed by atoms with van der Waals surface area (Å²) in [6, 6.07) is 11.7. The first-order chi connectivity index (χ1) is 9.43. The van der Waals surface area contributed by atoms with Crippen molar-refractivity contribution in [1.29, 1.82) is 0 Å². The highest BCUT2D eigenvalue weighted by Gasteiger charge is 2.27. The van der Waals surface area contributed by atoms with Gasteiger partial charge in [-0.2, -0.15) is 0 Å². The molecule has 1 heterocycles. The van der Waals surface area contributed by atoms with Gasteiger partial charge in [0.25, 0.3) is 0 Å². The van der Waals surface area contributed by atoms with Crippen LogP contribution in [0.25, 0.3) is 0 Å². The zero-order chi connectivity index (χ0) is 12.9. The van der Waals surface area contributed by atoms with Crippen molar-refractivity contribution in [1.82, 2.24) is 5.32 Å². The minimum Gasteiger partial charge on any atom is -0.377 e. The van der Waals surface area contributed by atoms with Crippen molar-refractivity contribution in [3.05, 3.63) is 35.9 Å². The van der Waals surface area contributed by atoms with Crippen LogP contribution in [0.2, 0.25) is 0 Å². The molecule has 19 heavy (non-hydrogen) atoms. The summed E-state index contributed by atoms with van der Waals surface area (Å²) in [6.07, 6.45) is 8.30. The Balaban J connectivity index is 1.60. The van der Waals surface area contributed by atoms with Gasteiger partial charge in [-0.05, 0) is 37.2 Å². The molecule has 2 fully saturated rings. The van der Waals surface area contributed by atoms with E-state index in [-0.39, 0.29) is 0 Å². The maximum Gasteiger partial charge on any atom is 0.0700 e. The van der Waals surface area contributed by atoms with E-state index in [2.05, 4.69) is 35.6 Å². The third-order valence-electron chi connectivity index (χ3n) is 4.63. The van der Waals surface area contributed by atoms with Gasteiger partial charge in [0.05, 0.1) is 6.10 Å². The summed E-state index contributed by atoms with van der Waals surface area (Å²) in [7, 11) is 0. The van der Waals surface area contributed by atoms with Crippen LogP contribution in [0.3, 0.4) is 0 Å². The zero-order valence-corrected chi connectivity index (χ0v) is 11.7. The van der Waals surface area contributed by atoms with E-state index in [0.29, 0.717) is 18.1 Å². The Bertz CT molecular complexity index is 372. The van der Waals surface area contributed by atoms with Crippen molar-refractivity contribution in [2.24, 2.45) is 0 Å². The van der Waals surface area contributed by atoms with Crippen LogP contribution < -0.4 is 5.32 Å². The highest BCUT2D eigenvalue weighted by molar-refractivity contribution is 5.22. The summed E-state index contributed by atoms with van der Waals surface area (Å²) < 4.78 is 5.72. The van der Waals surface area contributed by atoms with Gasteiger partial charge in [-0.3, -0.25) is 0 Å². The number of rotatable bonds is 4. The Morgan fingerprint density at radius 3 is 2.63 bits per heavy atom.